The van der Waals surface area contributed by atoms with E-state index in [4.69, 9.17) is 0 Å². The topological polar surface area (TPSA) is 57.2 Å². The van der Waals surface area contributed by atoms with Crippen LogP contribution in [-0.4, -0.2) is 13.0 Å². The van der Waals surface area contributed by atoms with E-state index >= 15 is 0 Å². The van der Waals surface area contributed by atoms with E-state index in [1.54, 1.807) is 6.07 Å². The average Bonchev–Trinajstić information content (AvgIpc) is 2.28. The maximum atomic E-state index is 11.0. The van der Waals surface area contributed by atoms with Crippen molar-refractivity contribution < 1.29 is 64.4 Å². The predicted octanol–water partition coefficient (Wildman–Crippen LogP) is -0.300. The Kier molecular flexibility index (Phi) is 5.98. The first-order chi connectivity index (χ1) is 8.02. The van der Waals surface area contributed by atoms with Crippen LogP contribution in [0.5, 0.6) is 0 Å². The minimum atomic E-state index is -4.38. The third-order valence-electron chi connectivity index (χ3n) is 2.75. The summed E-state index contributed by atoms with van der Waals surface area (Å²) in [4.78, 5) is -0.159. The van der Waals surface area contributed by atoms with Crippen LogP contribution in [0.1, 0.15) is 18.9 Å². The molecule has 0 fully saturated rings. The predicted molar refractivity (Wildman–Crippen MR) is 65.9 cm³/mol. The van der Waals surface area contributed by atoms with Crippen molar-refractivity contribution in [3.63, 3.8) is 0 Å². The van der Waals surface area contributed by atoms with E-state index in [0.29, 0.717) is 0 Å². The molecule has 0 aliphatic heterocycles. The smallest absolute Gasteiger partial charge is 0.744 e. The molecule has 0 radical (unpaired) electrons. The second-order valence-corrected chi connectivity index (χ2v) is 5.38. The standard InChI is InChI=1S/C13H14O3S.K/c1-2-4-10-5-3-6-11-7-8-12(9-13(10)11)17(14,15)16;/h3,5-9H,2,4H2,1H3,(H,14,15,16);/q;+1/p-1. The van der Waals surface area contributed by atoms with Gasteiger partial charge in [-0.1, -0.05) is 37.6 Å². The van der Waals surface area contributed by atoms with Crippen LogP contribution >= 0.6 is 0 Å². The summed E-state index contributed by atoms with van der Waals surface area (Å²) in [5.41, 5.74) is 1.08. The van der Waals surface area contributed by atoms with Crippen molar-refractivity contribution in [2.24, 2.45) is 0 Å². The molecule has 5 heteroatoms. The van der Waals surface area contributed by atoms with Crippen LogP contribution in [-0.2, 0) is 16.5 Å². The molecule has 0 unspecified atom stereocenters. The van der Waals surface area contributed by atoms with E-state index < -0.39 is 10.1 Å². The molecule has 0 amide bonds. The zero-order valence-corrected chi connectivity index (χ0v) is 14.5. The molecule has 0 saturated carbocycles. The Morgan fingerprint density at radius 1 is 1.17 bits per heavy atom. The third kappa shape index (κ3) is 3.63. The van der Waals surface area contributed by atoms with E-state index in [2.05, 4.69) is 6.92 Å². The number of hydrogen-bond donors (Lipinski definition) is 0. The van der Waals surface area contributed by atoms with Gasteiger partial charge in [-0.25, -0.2) is 8.42 Å². The van der Waals surface area contributed by atoms with Crippen LogP contribution in [0.4, 0.5) is 0 Å². The molecule has 3 nitrogen and oxygen atoms in total. The zero-order valence-electron chi connectivity index (χ0n) is 10.5. The number of fused-ring (bicyclic) bond motifs is 1. The summed E-state index contributed by atoms with van der Waals surface area (Å²) < 4.78 is 33.0. The first kappa shape index (κ1) is 16.3. The number of aryl methyl sites for hydroxylation is 1. The molecule has 0 saturated heterocycles. The van der Waals surface area contributed by atoms with Gasteiger partial charge < -0.3 is 4.55 Å². The largest absolute Gasteiger partial charge is 1.00 e. The summed E-state index contributed by atoms with van der Waals surface area (Å²) in [6.07, 6.45) is 1.85. The van der Waals surface area contributed by atoms with Crippen LogP contribution in [0.3, 0.4) is 0 Å². The average molecular weight is 288 g/mol. The Morgan fingerprint density at radius 2 is 1.89 bits per heavy atom. The van der Waals surface area contributed by atoms with Crippen LogP contribution in [0.25, 0.3) is 10.8 Å². The summed E-state index contributed by atoms with van der Waals surface area (Å²) in [6.45, 7) is 2.06. The Hall–Kier alpha value is 0.246. The maximum Gasteiger partial charge on any atom is 1.00 e. The van der Waals surface area contributed by atoms with Gasteiger partial charge in [0.15, 0.2) is 0 Å². The van der Waals surface area contributed by atoms with Crippen LogP contribution in [0.15, 0.2) is 41.3 Å². The van der Waals surface area contributed by atoms with Crippen molar-refractivity contribution >= 4 is 20.9 Å². The van der Waals surface area contributed by atoms with Gasteiger partial charge in [-0.05, 0) is 34.9 Å². The molecule has 0 aromatic heterocycles. The molecule has 2 aromatic rings. The number of benzene rings is 2. The molecule has 90 valence electrons. The normalized spacial score (nSPS) is 11.2. The molecule has 2 aromatic carbocycles. The molecular formula is C13H13KO3S. The molecule has 0 aliphatic rings. The number of rotatable bonds is 3. The van der Waals surface area contributed by atoms with E-state index in [1.165, 1.54) is 12.1 Å². The first-order valence-corrected chi connectivity index (χ1v) is 6.91. The fourth-order valence-electron chi connectivity index (χ4n) is 1.96. The summed E-state index contributed by atoms with van der Waals surface area (Å²) in [5.74, 6) is 0. The Labute approximate surface area is 150 Å². The van der Waals surface area contributed by atoms with Gasteiger partial charge in [0, 0.05) is 0 Å². The minimum Gasteiger partial charge on any atom is -0.744 e. The van der Waals surface area contributed by atoms with E-state index in [1.807, 2.05) is 18.2 Å². The Bertz CT molecular complexity index is 650. The van der Waals surface area contributed by atoms with Gasteiger partial charge in [0.1, 0.15) is 10.1 Å². The second-order valence-electron chi connectivity index (χ2n) is 4.00. The van der Waals surface area contributed by atoms with Crippen molar-refractivity contribution in [3.8, 4) is 0 Å². The van der Waals surface area contributed by atoms with Gasteiger partial charge >= 0.3 is 51.4 Å². The Balaban J connectivity index is 0.00000162. The van der Waals surface area contributed by atoms with Gasteiger partial charge in [0.05, 0.1) is 4.90 Å². The van der Waals surface area contributed by atoms with E-state index in [0.717, 1.165) is 29.2 Å². The first-order valence-electron chi connectivity index (χ1n) is 5.50. The molecule has 0 N–H and O–H groups in total. The van der Waals surface area contributed by atoms with Crippen LogP contribution in [0, 0.1) is 0 Å². The molecule has 0 heterocycles. The van der Waals surface area contributed by atoms with Gasteiger partial charge in [-0.2, -0.15) is 0 Å². The summed E-state index contributed by atoms with van der Waals surface area (Å²) >= 11 is 0. The third-order valence-corrected chi connectivity index (χ3v) is 3.58. The van der Waals surface area contributed by atoms with E-state index in [9.17, 15) is 13.0 Å². The fraction of sp³-hybridized carbons (Fsp3) is 0.231. The SMILES string of the molecule is CCCc1cccc2ccc(S(=O)(=O)[O-])cc12.[K+]. The van der Waals surface area contributed by atoms with Crippen LogP contribution < -0.4 is 51.4 Å². The van der Waals surface area contributed by atoms with Gasteiger partial charge in [0.2, 0.25) is 0 Å². The Morgan fingerprint density at radius 3 is 2.50 bits per heavy atom. The van der Waals surface area contributed by atoms with Crippen LogP contribution in [0.2, 0.25) is 0 Å². The molecule has 2 rings (SSSR count). The van der Waals surface area contributed by atoms with Gasteiger partial charge in [0.25, 0.3) is 0 Å². The monoisotopic (exact) mass is 288 g/mol. The van der Waals surface area contributed by atoms with Crippen molar-refractivity contribution in [1.82, 2.24) is 0 Å². The fourth-order valence-corrected chi connectivity index (χ4v) is 2.46. The van der Waals surface area contributed by atoms with Crippen molar-refractivity contribution in [2.75, 3.05) is 0 Å². The summed E-state index contributed by atoms with van der Waals surface area (Å²) in [7, 11) is -4.38. The quantitative estimate of drug-likeness (QED) is 0.575. The molecule has 0 aliphatic carbocycles. The molecule has 18 heavy (non-hydrogen) atoms. The second kappa shape index (κ2) is 6.61. The maximum absolute atomic E-state index is 11.0. The van der Waals surface area contributed by atoms with Crippen molar-refractivity contribution in [3.05, 3.63) is 42.0 Å². The zero-order chi connectivity index (χ0) is 12.5. The molecule has 0 spiro atoms. The molecule has 0 bridgehead atoms. The van der Waals surface area contributed by atoms with Crippen molar-refractivity contribution in [2.45, 2.75) is 24.7 Å². The summed E-state index contributed by atoms with van der Waals surface area (Å²) in [5, 5.41) is 1.81. The van der Waals surface area contributed by atoms with Gasteiger partial charge in [-0.3, -0.25) is 0 Å². The van der Waals surface area contributed by atoms with Gasteiger partial charge in [-0.15, -0.1) is 0 Å². The molecular weight excluding hydrogens is 275 g/mol. The summed E-state index contributed by atoms with van der Waals surface area (Å²) in [6, 6.07) is 10.3. The number of hydrogen-bond acceptors (Lipinski definition) is 3. The van der Waals surface area contributed by atoms with Crippen molar-refractivity contribution in [1.29, 1.82) is 0 Å². The molecule has 0 atom stereocenters. The minimum absolute atomic E-state index is 0. The van der Waals surface area contributed by atoms with E-state index in [-0.39, 0.29) is 56.3 Å².